The van der Waals surface area contributed by atoms with Crippen LogP contribution in [-0.4, -0.2) is 22.6 Å². The van der Waals surface area contributed by atoms with E-state index in [1.165, 1.54) is 19.1 Å². The Kier molecular flexibility index (Phi) is 6.27. The molecular formula is C27H24FN3O3. The molecule has 4 rings (SSSR count). The highest BCUT2D eigenvalue weighted by Crippen LogP contribution is 2.33. The number of carbonyl (C=O) groups is 3. The van der Waals surface area contributed by atoms with E-state index in [1.54, 1.807) is 36.4 Å². The van der Waals surface area contributed by atoms with Gasteiger partial charge in [0.1, 0.15) is 11.5 Å². The van der Waals surface area contributed by atoms with Crippen LogP contribution in [0.5, 0.6) is 0 Å². The summed E-state index contributed by atoms with van der Waals surface area (Å²) in [4.78, 5) is 39.3. The summed E-state index contributed by atoms with van der Waals surface area (Å²) in [6.45, 7) is 5.31. The summed E-state index contributed by atoms with van der Waals surface area (Å²) >= 11 is 0. The average molecular weight is 458 g/mol. The van der Waals surface area contributed by atoms with Crippen molar-refractivity contribution in [2.45, 2.75) is 27.3 Å². The topological polar surface area (TPSA) is 78.5 Å². The molecule has 1 heterocycles. The molecule has 0 fully saturated rings. The van der Waals surface area contributed by atoms with Crippen molar-refractivity contribution in [3.05, 3.63) is 100 Å². The van der Waals surface area contributed by atoms with Gasteiger partial charge in [-0.2, -0.15) is 0 Å². The van der Waals surface area contributed by atoms with Crippen molar-refractivity contribution in [1.29, 1.82) is 0 Å². The first-order valence-corrected chi connectivity index (χ1v) is 10.8. The Balaban J connectivity index is 1.72. The van der Waals surface area contributed by atoms with Crippen LogP contribution in [0.15, 0.2) is 72.4 Å². The number of imide groups is 1. The maximum Gasteiger partial charge on any atom is 0.278 e. The zero-order valence-corrected chi connectivity index (χ0v) is 19.1. The highest BCUT2D eigenvalue weighted by molar-refractivity contribution is 6.36. The number of benzene rings is 3. The fraction of sp³-hybridized carbons (Fsp3) is 0.148. The number of carbonyl (C=O) groups excluding carboxylic acids is 3. The van der Waals surface area contributed by atoms with E-state index >= 15 is 0 Å². The standard InChI is InChI=1S/C27H24FN3O3/c1-16-4-13-23(17(2)14-16)24-25(30-22-11-9-21(10-12-22)29-18(3)32)27(34)31(26(24)33)15-19-5-7-20(28)8-6-19/h4-14,30H,15H2,1-3H3,(H,29,32). The molecule has 7 heteroatoms. The Bertz CT molecular complexity index is 1310. The van der Waals surface area contributed by atoms with Crippen LogP contribution in [0.4, 0.5) is 15.8 Å². The van der Waals surface area contributed by atoms with Crippen LogP contribution >= 0.6 is 0 Å². The van der Waals surface area contributed by atoms with Crippen molar-refractivity contribution >= 4 is 34.7 Å². The van der Waals surface area contributed by atoms with Crippen LogP contribution in [-0.2, 0) is 20.9 Å². The smallest absolute Gasteiger partial charge is 0.278 e. The molecule has 0 bridgehead atoms. The van der Waals surface area contributed by atoms with Crippen molar-refractivity contribution in [2.75, 3.05) is 10.6 Å². The highest BCUT2D eigenvalue weighted by atomic mass is 19.1. The molecule has 3 aromatic carbocycles. The Labute approximate surface area is 197 Å². The number of aryl methyl sites for hydroxylation is 2. The summed E-state index contributed by atoms with van der Waals surface area (Å²) in [6, 6.07) is 18.3. The van der Waals surface area contributed by atoms with Crippen molar-refractivity contribution < 1.29 is 18.8 Å². The Morgan fingerprint density at radius 2 is 1.53 bits per heavy atom. The fourth-order valence-electron chi connectivity index (χ4n) is 3.94. The number of rotatable bonds is 6. The van der Waals surface area contributed by atoms with Crippen LogP contribution in [0.2, 0.25) is 0 Å². The van der Waals surface area contributed by atoms with Crippen LogP contribution in [0.1, 0.15) is 29.2 Å². The van der Waals surface area contributed by atoms with E-state index in [0.717, 1.165) is 16.0 Å². The van der Waals surface area contributed by atoms with Gasteiger partial charge in [0.2, 0.25) is 5.91 Å². The van der Waals surface area contributed by atoms with Crippen molar-refractivity contribution in [3.8, 4) is 0 Å². The molecule has 0 atom stereocenters. The zero-order valence-electron chi connectivity index (χ0n) is 19.1. The van der Waals surface area contributed by atoms with Gasteiger partial charge in [-0.05, 0) is 66.9 Å². The molecule has 3 aromatic rings. The van der Waals surface area contributed by atoms with Crippen LogP contribution in [0.25, 0.3) is 5.57 Å². The summed E-state index contributed by atoms with van der Waals surface area (Å²) in [5, 5.41) is 5.80. The third kappa shape index (κ3) is 4.73. The Hall–Kier alpha value is -4.26. The molecule has 0 saturated carbocycles. The summed E-state index contributed by atoms with van der Waals surface area (Å²) in [5.41, 5.74) is 4.91. The van der Waals surface area contributed by atoms with E-state index in [4.69, 9.17) is 0 Å². The first-order valence-electron chi connectivity index (χ1n) is 10.8. The van der Waals surface area contributed by atoms with Gasteiger partial charge < -0.3 is 10.6 Å². The number of nitrogens with one attached hydrogen (secondary N) is 2. The maximum absolute atomic E-state index is 13.5. The largest absolute Gasteiger partial charge is 0.350 e. The molecule has 0 aliphatic carbocycles. The Morgan fingerprint density at radius 3 is 2.15 bits per heavy atom. The normalized spacial score (nSPS) is 13.5. The minimum atomic E-state index is -0.463. The minimum absolute atomic E-state index is 0.0268. The molecule has 172 valence electrons. The van der Waals surface area contributed by atoms with Crippen molar-refractivity contribution in [1.82, 2.24) is 4.90 Å². The summed E-state index contributed by atoms with van der Waals surface area (Å²) < 4.78 is 13.3. The SMILES string of the molecule is CC(=O)Nc1ccc(NC2=C(c3ccc(C)cc3C)C(=O)N(Cc3ccc(F)cc3)C2=O)cc1. The second-order valence-electron chi connectivity index (χ2n) is 8.27. The van der Waals surface area contributed by atoms with Gasteiger partial charge in [0.15, 0.2) is 0 Å². The third-order valence-electron chi connectivity index (χ3n) is 5.55. The lowest BCUT2D eigenvalue weighted by Gasteiger charge is -2.16. The quantitative estimate of drug-likeness (QED) is 0.522. The molecule has 0 spiro atoms. The van der Waals surface area contributed by atoms with Gasteiger partial charge in [0.25, 0.3) is 11.8 Å². The molecule has 34 heavy (non-hydrogen) atoms. The lowest BCUT2D eigenvalue weighted by atomic mass is 9.97. The van der Waals surface area contributed by atoms with Gasteiger partial charge in [0, 0.05) is 18.3 Å². The number of anilines is 2. The number of hydrogen-bond donors (Lipinski definition) is 2. The summed E-state index contributed by atoms with van der Waals surface area (Å²) in [7, 11) is 0. The van der Waals surface area contributed by atoms with Gasteiger partial charge >= 0.3 is 0 Å². The van der Waals surface area contributed by atoms with Gasteiger partial charge in [-0.1, -0.05) is 35.9 Å². The molecule has 3 amide bonds. The Morgan fingerprint density at radius 1 is 0.882 bits per heavy atom. The van der Waals surface area contributed by atoms with E-state index in [0.29, 0.717) is 22.5 Å². The second-order valence-corrected chi connectivity index (χ2v) is 8.27. The van der Waals surface area contributed by atoms with Crippen molar-refractivity contribution in [3.63, 3.8) is 0 Å². The minimum Gasteiger partial charge on any atom is -0.350 e. The zero-order chi connectivity index (χ0) is 24.4. The first kappa shape index (κ1) is 22.9. The molecule has 0 unspecified atom stereocenters. The third-order valence-corrected chi connectivity index (χ3v) is 5.55. The van der Waals surface area contributed by atoms with Gasteiger partial charge in [-0.25, -0.2) is 4.39 Å². The van der Waals surface area contributed by atoms with E-state index in [2.05, 4.69) is 10.6 Å². The molecule has 0 radical (unpaired) electrons. The fourth-order valence-corrected chi connectivity index (χ4v) is 3.94. The molecule has 0 saturated heterocycles. The van der Waals surface area contributed by atoms with Crippen LogP contribution in [0, 0.1) is 19.7 Å². The van der Waals surface area contributed by atoms with Crippen molar-refractivity contribution in [2.24, 2.45) is 0 Å². The van der Waals surface area contributed by atoms with Crippen LogP contribution < -0.4 is 10.6 Å². The van der Waals surface area contributed by atoms with Gasteiger partial charge in [-0.15, -0.1) is 0 Å². The maximum atomic E-state index is 13.5. The number of hydrogen-bond acceptors (Lipinski definition) is 4. The molecular weight excluding hydrogens is 433 g/mol. The molecule has 0 aromatic heterocycles. The predicted octanol–water partition coefficient (Wildman–Crippen LogP) is 4.79. The predicted molar refractivity (Wildman–Crippen MR) is 129 cm³/mol. The number of nitrogens with zero attached hydrogens (tertiary/aromatic N) is 1. The second kappa shape index (κ2) is 9.31. The summed E-state index contributed by atoms with van der Waals surface area (Å²) in [6.07, 6.45) is 0. The molecule has 6 nitrogen and oxygen atoms in total. The lowest BCUT2D eigenvalue weighted by Crippen LogP contribution is -2.32. The van der Waals surface area contributed by atoms with E-state index in [9.17, 15) is 18.8 Å². The molecule has 1 aliphatic heterocycles. The average Bonchev–Trinajstić information content (AvgIpc) is 3.00. The number of halogens is 1. The summed E-state index contributed by atoms with van der Waals surface area (Å²) in [5.74, 6) is -1.45. The molecule has 2 N–H and O–H groups in total. The van der Waals surface area contributed by atoms with E-state index in [-0.39, 0.29) is 29.5 Å². The number of amides is 3. The molecule has 1 aliphatic rings. The first-order chi connectivity index (χ1) is 16.2. The lowest BCUT2D eigenvalue weighted by molar-refractivity contribution is -0.137. The van der Waals surface area contributed by atoms with Gasteiger partial charge in [-0.3, -0.25) is 19.3 Å². The van der Waals surface area contributed by atoms with E-state index in [1.807, 2.05) is 32.0 Å². The highest BCUT2D eigenvalue weighted by Gasteiger charge is 2.39. The monoisotopic (exact) mass is 457 g/mol. The van der Waals surface area contributed by atoms with Crippen LogP contribution in [0.3, 0.4) is 0 Å². The van der Waals surface area contributed by atoms with Gasteiger partial charge in [0.05, 0.1) is 12.1 Å². The van der Waals surface area contributed by atoms with E-state index < -0.39 is 11.8 Å².